The maximum atomic E-state index is 12.9. The highest BCUT2D eigenvalue weighted by Crippen LogP contribution is 2.56. The predicted octanol–water partition coefficient (Wildman–Crippen LogP) is 5.82. The number of nitrogens with zero attached hydrogens (tertiary/aromatic N) is 1. The zero-order valence-electron chi connectivity index (χ0n) is 17.3. The first-order chi connectivity index (χ1) is 14.6. The van der Waals surface area contributed by atoms with E-state index in [2.05, 4.69) is 36.9 Å². The Morgan fingerprint density at radius 2 is 1.70 bits per heavy atom. The summed E-state index contributed by atoms with van der Waals surface area (Å²) < 4.78 is 12.6. The van der Waals surface area contributed by atoms with Crippen LogP contribution in [0.5, 0.6) is 11.5 Å². The van der Waals surface area contributed by atoms with Crippen molar-refractivity contribution in [2.24, 2.45) is 0 Å². The molecule has 0 amide bonds. The minimum Gasteiger partial charge on any atom is -0.456 e. The molecule has 3 aromatic carbocycles. The van der Waals surface area contributed by atoms with Gasteiger partial charge in [-0.15, -0.1) is 11.8 Å². The summed E-state index contributed by atoms with van der Waals surface area (Å²) in [6.45, 7) is 6.09. The number of benzene rings is 3. The number of carbonyl (C=O) groups excluding carboxylic acids is 1. The molecule has 2 aliphatic rings. The average molecular weight is 418 g/mol. The molecule has 152 valence electrons. The topological polar surface area (TPSA) is 38.8 Å². The van der Waals surface area contributed by atoms with Gasteiger partial charge in [-0.2, -0.15) is 0 Å². The van der Waals surface area contributed by atoms with Gasteiger partial charge in [0.15, 0.2) is 5.60 Å². The summed E-state index contributed by atoms with van der Waals surface area (Å²) >= 11 is 1.66. The van der Waals surface area contributed by atoms with Gasteiger partial charge in [-0.3, -0.25) is 0 Å². The molecule has 0 saturated carbocycles. The Morgan fingerprint density at radius 3 is 2.47 bits per heavy atom. The SMILES string of the molecule is CCN(CC)c1ccc2c(c1)Oc1ccc(SC)cc1C21OC(=O)c2ccccc21. The van der Waals surface area contributed by atoms with Crippen LogP contribution in [0.4, 0.5) is 5.69 Å². The van der Waals surface area contributed by atoms with E-state index in [1.165, 1.54) is 0 Å². The first kappa shape index (κ1) is 19.1. The highest BCUT2D eigenvalue weighted by molar-refractivity contribution is 7.98. The second-order valence-electron chi connectivity index (χ2n) is 7.43. The molecule has 0 saturated heterocycles. The van der Waals surface area contributed by atoms with E-state index in [0.717, 1.165) is 51.9 Å². The van der Waals surface area contributed by atoms with Crippen LogP contribution in [0.3, 0.4) is 0 Å². The standard InChI is InChI=1S/C25H23NO3S/c1-4-26(5-2)16-10-12-20-23(14-16)28-22-13-11-17(30-3)15-21(22)25(20)19-9-7-6-8-18(19)24(27)29-25/h6-15H,4-5H2,1-3H3. The molecule has 1 atom stereocenters. The number of carbonyl (C=O) groups is 1. The lowest BCUT2D eigenvalue weighted by molar-refractivity contribution is 0.0224. The number of anilines is 1. The van der Waals surface area contributed by atoms with Gasteiger partial charge in [0.05, 0.1) is 5.56 Å². The van der Waals surface area contributed by atoms with Crippen LogP contribution in [0, 0.1) is 0 Å². The fourth-order valence-corrected chi connectivity index (χ4v) is 4.99. The summed E-state index contributed by atoms with van der Waals surface area (Å²) in [5.41, 5.74) is 3.31. The van der Waals surface area contributed by atoms with Crippen LogP contribution in [-0.4, -0.2) is 25.3 Å². The number of ether oxygens (including phenoxy) is 2. The molecule has 1 unspecified atom stereocenters. The van der Waals surface area contributed by atoms with Crippen molar-refractivity contribution >= 4 is 23.4 Å². The summed E-state index contributed by atoms with van der Waals surface area (Å²) in [6, 6.07) is 20.0. The molecule has 30 heavy (non-hydrogen) atoms. The van der Waals surface area contributed by atoms with Crippen molar-refractivity contribution in [3.05, 3.63) is 82.9 Å². The highest BCUT2D eigenvalue weighted by atomic mass is 32.2. The third-order valence-corrected chi connectivity index (χ3v) is 6.76. The number of esters is 1. The Hall–Kier alpha value is -2.92. The monoisotopic (exact) mass is 417 g/mol. The minimum absolute atomic E-state index is 0.299. The fourth-order valence-electron chi connectivity index (χ4n) is 4.55. The molecule has 4 nitrogen and oxygen atoms in total. The normalized spacial score (nSPS) is 18.3. The summed E-state index contributed by atoms with van der Waals surface area (Å²) in [5, 5.41) is 0. The molecule has 2 heterocycles. The smallest absolute Gasteiger partial charge is 0.340 e. The van der Waals surface area contributed by atoms with Gasteiger partial charge >= 0.3 is 5.97 Å². The maximum Gasteiger partial charge on any atom is 0.340 e. The summed E-state index contributed by atoms with van der Waals surface area (Å²) in [7, 11) is 0. The third-order valence-electron chi connectivity index (χ3n) is 6.03. The van der Waals surface area contributed by atoms with Crippen LogP contribution < -0.4 is 9.64 Å². The molecule has 0 aliphatic carbocycles. The van der Waals surface area contributed by atoms with Gasteiger partial charge in [-0.05, 0) is 56.5 Å². The van der Waals surface area contributed by atoms with Crippen molar-refractivity contribution in [3.63, 3.8) is 0 Å². The molecular formula is C25H23NO3S. The van der Waals surface area contributed by atoms with Gasteiger partial charge < -0.3 is 14.4 Å². The van der Waals surface area contributed by atoms with E-state index in [4.69, 9.17) is 9.47 Å². The molecule has 5 rings (SSSR count). The van der Waals surface area contributed by atoms with Crippen molar-refractivity contribution in [1.29, 1.82) is 0 Å². The number of fused-ring (bicyclic) bond motifs is 6. The number of thioether (sulfide) groups is 1. The first-order valence-electron chi connectivity index (χ1n) is 10.2. The van der Waals surface area contributed by atoms with Gasteiger partial charge in [0.2, 0.25) is 0 Å². The van der Waals surface area contributed by atoms with Gasteiger partial charge in [-0.25, -0.2) is 4.79 Å². The van der Waals surface area contributed by atoms with E-state index in [0.29, 0.717) is 5.56 Å². The quantitative estimate of drug-likeness (QED) is 0.395. The first-order valence-corrected chi connectivity index (χ1v) is 11.4. The van der Waals surface area contributed by atoms with Crippen molar-refractivity contribution < 1.29 is 14.3 Å². The number of hydrogen-bond donors (Lipinski definition) is 0. The second-order valence-corrected chi connectivity index (χ2v) is 8.31. The molecule has 3 aromatic rings. The van der Waals surface area contributed by atoms with Gasteiger partial charge in [0.25, 0.3) is 0 Å². The van der Waals surface area contributed by atoms with E-state index in [-0.39, 0.29) is 5.97 Å². The Kier molecular flexibility index (Phi) is 4.51. The van der Waals surface area contributed by atoms with Crippen molar-refractivity contribution in [3.8, 4) is 11.5 Å². The van der Waals surface area contributed by atoms with Crippen LogP contribution in [0.25, 0.3) is 0 Å². The Labute approximate surface area is 180 Å². The minimum atomic E-state index is -0.996. The Bertz CT molecular complexity index is 1150. The van der Waals surface area contributed by atoms with Gasteiger partial charge in [0.1, 0.15) is 11.5 Å². The average Bonchev–Trinajstić information content (AvgIpc) is 3.08. The molecule has 2 aliphatic heterocycles. The number of hydrogen-bond acceptors (Lipinski definition) is 5. The largest absolute Gasteiger partial charge is 0.456 e. The lowest BCUT2D eigenvalue weighted by Crippen LogP contribution is -2.33. The molecule has 1 spiro atoms. The molecule has 0 bridgehead atoms. The van der Waals surface area contributed by atoms with E-state index >= 15 is 0 Å². The van der Waals surface area contributed by atoms with Crippen LogP contribution in [0.15, 0.2) is 65.6 Å². The number of rotatable bonds is 4. The van der Waals surface area contributed by atoms with Crippen molar-refractivity contribution in [2.75, 3.05) is 24.2 Å². The molecule has 0 N–H and O–H groups in total. The van der Waals surface area contributed by atoms with Crippen LogP contribution in [0.2, 0.25) is 0 Å². The highest BCUT2D eigenvalue weighted by Gasteiger charge is 2.53. The Morgan fingerprint density at radius 1 is 0.900 bits per heavy atom. The lowest BCUT2D eigenvalue weighted by atomic mass is 9.77. The van der Waals surface area contributed by atoms with Crippen LogP contribution >= 0.6 is 11.8 Å². The molecule has 0 radical (unpaired) electrons. The van der Waals surface area contributed by atoms with E-state index in [1.807, 2.05) is 48.7 Å². The van der Waals surface area contributed by atoms with Gasteiger partial charge in [0, 0.05) is 46.4 Å². The van der Waals surface area contributed by atoms with E-state index in [1.54, 1.807) is 11.8 Å². The zero-order valence-corrected chi connectivity index (χ0v) is 18.1. The Balaban J connectivity index is 1.80. The zero-order chi connectivity index (χ0) is 20.9. The molecular weight excluding hydrogens is 394 g/mol. The molecule has 5 heteroatoms. The van der Waals surface area contributed by atoms with Crippen LogP contribution in [0.1, 0.15) is 40.9 Å². The van der Waals surface area contributed by atoms with Crippen LogP contribution in [-0.2, 0) is 10.3 Å². The summed E-state index contributed by atoms with van der Waals surface area (Å²) in [4.78, 5) is 16.3. The van der Waals surface area contributed by atoms with Gasteiger partial charge in [-0.1, -0.05) is 18.2 Å². The predicted molar refractivity (Wildman–Crippen MR) is 120 cm³/mol. The maximum absolute atomic E-state index is 12.9. The van der Waals surface area contributed by atoms with Crippen molar-refractivity contribution in [1.82, 2.24) is 0 Å². The third kappa shape index (κ3) is 2.58. The summed E-state index contributed by atoms with van der Waals surface area (Å²) in [6.07, 6.45) is 2.04. The van der Waals surface area contributed by atoms with Crippen molar-refractivity contribution in [2.45, 2.75) is 24.3 Å². The molecule has 0 aromatic heterocycles. The van der Waals surface area contributed by atoms with E-state index in [9.17, 15) is 4.79 Å². The second kappa shape index (κ2) is 7.10. The molecule has 0 fully saturated rings. The van der Waals surface area contributed by atoms with E-state index < -0.39 is 5.60 Å². The lowest BCUT2D eigenvalue weighted by Gasteiger charge is -2.37. The summed E-state index contributed by atoms with van der Waals surface area (Å²) in [5.74, 6) is 1.15. The fraction of sp³-hybridized carbons (Fsp3) is 0.240.